The zero-order chi connectivity index (χ0) is 14.1. The summed E-state index contributed by atoms with van der Waals surface area (Å²) < 4.78 is 10.4. The van der Waals surface area contributed by atoms with Crippen molar-refractivity contribution in [2.75, 3.05) is 13.2 Å². The number of hydrogen-bond acceptors (Lipinski definition) is 4. The highest BCUT2D eigenvalue weighted by Gasteiger charge is 2.20. The van der Waals surface area contributed by atoms with Crippen LogP contribution in [-0.4, -0.2) is 25.2 Å². The van der Waals surface area contributed by atoms with Gasteiger partial charge in [0.2, 0.25) is 0 Å². The molecule has 0 spiro atoms. The van der Waals surface area contributed by atoms with Crippen LogP contribution in [0.2, 0.25) is 0 Å². The third kappa shape index (κ3) is 7.85. The average Bonchev–Trinajstić information content (AvgIpc) is 2.36. The number of carbonyl (C=O) groups excluding carboxylic acids is 2. The van der Waals surface area contributed by atoms with Gasteiger partial charge in [0.1, 0.15) is 0 Å². The summed E-state index contributed by atoms with van der Waals surface area (Å²) in [4.78, 5) is 22.9. The van der Waals surface area contributed by atoms with E-state index in [9.17, 15) is 9.59 Å². The third-order valence-electron chi connectivity index (χ3n) is 3.40. The van der Waals surface area contributed by atoms with Gasteiger partial charge in [-0.25, -0.2) is 0 Å². The molecule has 1 heterocycles. The molecule has 0 N–H and O–H groups in total. The maximum atomic E-state index is 11.6. The molecule has 1 fully saturated rings. The maximum absolute atomic E-state index is 11.6. The summed E-state index contributed by atoms with van der Waals surface area (Å²) in [6.45, 7) is 5.26. The lowest BCUT2D eigenvalue weighted by Gasteiger charge is -2.24. The van der Waals surface area contributed by atoms with Gasteiger partial charge in [-0.2, -0.15) is 0 Å². The van der Waals surface area contributed by atoms with Crippen molar-refractivity contribution in [3.63, 3.8) is 0 Å². The summed E-state index contributed by atoms with van der Waals surface area (Å²) in [6.07, 6.45) is 6.23. The Morgan fingerprint density at radius 3 is 2.16 bits per heavy atom. The summed E-state index contributed by atoms with van der Waals surface area (Å²) >= 11 is 0. The molecule has 1 rings (SSSR count). The predicted octanol–water partition coefficient (Wildman–Crippen LogP) is 3.23. The Morgan fingerprint density at radius 1 is 0.842 bits per heavy atom. The van der Waals surface area contributed by atoms with E-state index in [1.54, 1.807) is 0 Å². The zero-order valence-electron chi connectivity index (χ0n) is 12.2. The molecule has 1 saturated heterocycles. The lowest BCUT2D eigenvalue weighted by molar-refractivity contribution is -0.147. The zero-order valence-corrected chi connectivity index (χ0v) is 12.2. The molecule has 4 nitrogen and oxygen atoms in total. The Morgan fingerprint density at radius 2 is 1.47 bits per heavy atom. The van der Waals surface area contributed by atoms with E-state index in [2.05, 4.69) is 13.8 Å². The van der Waals surface area contributed by atoms with E-state index in [1.165, 1.54) is 0 Å². The van der Waals surface area contributed by atoms with Crippen LogP contribution in [0.4, 0.5) is 0 Å². The Labute approximate surface area is 115 Å². The van der Waals surface area contributed by atoms with Crippen LogP contribution in [0.1, 0.15) is 65.2 Å². The van der Waals surface area contributed by atoms with Crippen LogP contribution in [0.5, 0.6) is 0 Å². The summed E-state index contributed by atoms with van der Waals surface area (Å²) in [5, 5.41) is 0. The third-order valence-corrected chi connectivity index (χ3v) is 3.40. The average molecular weight is 270 g/mol. The monoisotopic (exact) mass is 270 g/mol. The van der Waals surface area contributed by atoms with E-state index in [4.69, 9.17) is 9.47 Å². The van der Waals surface area contributed by atoms with Crippen LogP contribution in [0.15, 0.2) is 0 Å². The largest absolute Gasteiger partial charge is 0.466 e. The van der Waals surface area contributed by atoms with E-state index in [0.717, 1.165) is 25.7 Å². The first-order chi connectivity index (χ1) is 8.99. The topological polar surface area (TPSA) is 52.6 Å². The molecule has 1 aliphatic heterocycles. The second kappa shape index (κ2) is 8.18. The van der Waals surface area contributed by atoms with Crippen LogP contribution in [0, 0.1) is 5.41 Å². The Kier molecular flexibility index (Phi) is 6.89. The van der Waals surface area contributed by atoms with Crippen LogP contribution in [0.25, 0.3) is 0 Å². The van der Waals surface area contributed by atoms with E-state index >= 15 is 0 Å². The number of rotatable bonds is 0. The molecular formula is C15H26O4. The van der Waals surface area contributed by atoms with Gasteiger partial charge < -0.3 is 9.47 Å². The Bertz CT molecular complexity index is 297. The van der Waals surface area contributed by atoms with Gasteiger partial charge in [0.15, 0.2) is 0 Å². The lowest BCUT2D eigenvalue weighted by Crippen LogP contribution is -2.21. The van der Waals surface area contributed by atoms with E-state index in [-0.39, 0.29) is 17.4 Å². The number of ether oxygens (including phenoxy) is 2. The molecule has 0 aromatic heterocycles. The molecule has 0 amide bonds. The quantitative estimate of drug-likeness (QED) is 0.634. The van der Waals surface area contributed by atoms with Crippen molar-refractivity contribution in [2.45, 2.75) is 65.2 Å². The first kappa shape index (κ1) is 16.0. The number of esters is 2. The van der Waals surface area contributed by atoms with Crippen molar-refractivity contribution in [1.29, 1.82) is 0 Å². The van der Waals surface area contributed by atoms with E-state index in [1.807, 2.05) is 0 Å². The van der Waals surface area contributed by atoms with Gasteiger partial charge in [0.05, 0.1) is 13.2 Å². The Balaban J connectivity index is 2.42. The fourth-order valence-corrected chi connectivity index (χ4v) is 2.10. The van der Waals surface area contributed by atoms with E-state index < -0.39 is 0 Å². The van der Waals surface area contributed by atoms with Crippen molar-refractivity contribution >= 4 is 11.9 Å². The van der Waals surface area contributed by atoms with Crippen molar-refractivity contribution < 1.29 is 19.1 Å². The number of hydrogen-bond donors (Lipinski definition) is 0. The SMILES string of the molecule is CC1(C)CCCCCOC(=O)CCCCC(=O)OC1. The lowest BCUT2D eigenvalue weighted by atomic mass is 9.88. The van der Waals surface area contributed by atoms with Gasteiger partial charge >= 0.3 is 11.9 Å². The molecule has 0 aromatic carbocycles. The molecule has 1 aliphatic rings. The molecule has 110 valence electrons. The molecule has 0 aromatic rings. The van der Waals surface area contributed by atoms with Gasteiger partial charge in [0.25, 0.3) is 0 Å². The Hall–Kier alpha value is -1.06. The summed E-state index contributed by atoms with van der Waals surface area (Å²) in [7, 11) is 0. The molecule has 4 heteroatoms. The van der Waals surface area contributed by atoms with E-state index in [0.29, 0.717) is 38.9 Å². The molecule has 0 saturated carbocycles. The molecule has 0 unspecified atom stereocenters. The van der Waals surface area contributed by atoms with Crippen molar-refractivity contribution in [3.05, 3.63) is 0 Å². The minimum atomic E-state index is -0.156. The summed E-state index contributed by atoms with van der Waals surface area (Å²) in [5.74, 6) is -0.306. The molecule has 0 atom stereocenters. The molecule has 0 bridgehead atoms. The van der Waals surface area contributed by atoms with Crippen molar-refractivity contribution in [3.8, 4) is 0 Å². The minimum absolute atomic E-state index is 0.0342. The number of cyclic esters (lactones) is 2. The fraction of sp³-hybridized carbons (Fsp3) is 0.867. The van der Waals surface area contributed by atoms with Gasteiger partial charge in [0, 0.05) is 12.8 Å². The van der Waals surface area contributed by atoms with Gasteiger partial charge in [-0.1, -0.05) is 26.7 Å². The second-order valence-electron chi connectivity index (χ2n) is 6.06. The second-order valence-corrected chi connectivity index (χ2v) is 6.06. The molecular weight excluding hydrogens is 244 g/mol. The first-order valence-corrected chi connectivity index (χ1v) is 7.31. The summed E-state index contributed by atoms with van der Waals surface area (Å²) in [6, 6.07) is 0. The van der Waals surface area contributed by atoms with Gasteiger partial charge in [-0.15, -0.1) is 0 Å². The van der Waals surface area contributed by atoms with Crippen LogP contribution in [-0.2, 0) is 19.1 Å². The van der Waals surface area contributed by atoms with Crippen LogP contribution < -0.4 is 0 Å². The molecule has 0 aliphatic carbocycles. The first-order valence-electron chi connectivity index (χ1n) is 7.31. The molecule has 19 heavy (non-hydrogen) atoms. The fourth-order valence-electron chi connectivity index (χ4n) is 2.10. The van der Waals surface area contributed by atoms with Crippen molar-refractivity contribution in [2.24, 2.45) is 5.41 Å². The number of carbonyl (C=O) groups is 2. The van der Waals surface area contributed by atoms with Gasteiger partial charge in [-0.3, -0.25) is 9.59 Å². The maximum Gasteiger partial charge on any atom is 0.305 e. The minimum Gasteiger partial charge on any atom is -0.466 e. The normalized spacial score (nSPS) is 23.7. The summed E-state index contributed by atoms with van der Waals surface area (Å²) in [5.41, 5.74) is 0.0342. The van der Waals surface area contributed by atoms with Crippen molar-refractivity contribution in [1.82, 2.24) is 0 Å². The molecule has 0 radical (unpaired) electrons. The highest BCUT2D eigenvalue weighted by molar-refractivity contribution is 5.70. The highest BCUT2D eigenvalue weighted by Crippen LogP contribution is 2.24. The predicted molar refractivity (Wildman–Crippen MR) is 72.6 cm³/mol. The standard InChI is InChI=1S/C15H26O4/c1-15(2)10-6-3-7-11-18-13(16)8-4-5-9-14(17)19-12-15/h3-12H2,1-2H3. The van der Waals surface area contributed by atoms with Gasteiger partial charge in [-0.05, 0) is 31.1 Å². The smallest absolute Gasteiger partial charge is 0.305 e. The van der Waals surface area contributed by atoms with Crippen LogP contribution >= 0.6 is 0 Å². The highest BCUT2D eigenvalue weighted by atomic mass is 16.5. The van der Waals surface area contributed by atoms with Crippen LogP contribution in [0.3, 0.4) is 0 Å².